The van der Waals surface area contributed by atoms with Gasteiger partial charge in [0.2, 0.25) is 0 Å². The summed E-state index contributed by atoms with van der Waals surface area (Å²) < 4.78 is 6.76. The van der Waals surface area contributed by atoms with Gasteiger partial charge in [-0.15, -0.1) is 0 Å². The first-order valence-corrected chi connectivity index (χ1v) is 5.38. The molecule has 3 rings (SSSR count). The predicted molar refractivity (Wildman–Crippen MR) is 66.2 cm³/mol. The normalized spacial score (nSPS) is 10.9. The number of methoxy groups -OCH3 is 1. The van der Waals surface area contributed by atoms with Gasteiger partial charge in [0.05, 0.1) is 23.7 Å². The van der Waals surface area contributed by atoms with Crippen molar-refractivity contribution in [3.63, 3.8) is 0 Å². The molecule has 0 amide bonds. The van der Waals surface area contributed by atoms with Crippen molar-refractivity contribution < 1.29 is 9.53 Å². The van der Waals surface area contributed by atoms with Gasteiger partial charge in [-0.05, 0) is 23.6 Å². The maximum Gasteiger partial charge on any atom is 0.340 e. The fourth-order valence-electron chi connectivity index (χ4n) is 2.12. The highest BCUT2D eigenvalue weighted by Crippen LogP contribution is 2.21. The van der Waals surface area contributed by atoms with Gasteiger partial charge in [-0.2, -0.15) is 0 Å². The third kappa shape index (κ3) is 1.40. The number of carbonyl (C=O) groups is 1. The van der Waals surface area contributed by atoms with Gasteiger partial charge in [0.15, 0.2) is 0 Å². The van der Waals surface area contributed by atoms with Gasteiger partial charge in [-0.25, -0.2) is 4.79 Å². The molecule has 0 bridgehead atoms. The van der Waals surface area contributed by atoms with Gasteiger partial charge in [0.25, 0.3) is 0 Å². The average Bonchev–Trinajstić information content (AvgIpc) is 2.82. The molecular weight excluding hydrogens is 214 g/mol. The van der Waals surface area contributed by atoms with E-state index in [9.17, 15) is 4.79 Å². The number of para-hydroxylation sites is 1. The first kappa shape index (κ1) is 9.90. The first-order chi connectivity index (χ1) is 8.31. The summed E-state index contributed by atoms with van der Waals surface area (Å²) in [7, 11) is 1.40. The number of hydrogen-bond acceptors (Lipinski definition) is 2. The Labute approximate surface area is 98.2 Å². The molecule has 0 aliphatic carbocycles. The molecule has 0 saturated heterocycles. The molecule has 0 radical (unpaired) electrons. The fraction of sp³-hybridized carbons (Fsp3) is 0.0714. The molecule has 0 aliphatic rings. The Hall–Kier alpha value is -2.29. The third-order valence-corrected chi connectivity index (χ3v) is 2.95. The Balaban J connectivity index is 2.39. The van der Waals surface area contributed by atoms with Gasteiger partial charge >= 0.3 is 5.97 Å². The number of benzene rings is 1. The van der Waals surface area contributed by atoms with Crippen LogP contribution in [0.5, 0.6) is 0 Å². The van der Waals surface area contributed by atoms with Crippen LogP contribution in [0.2, 0.25) is 0 Å². The van der Waals surface area contributed by atoms with E-state index in [2.05, 4.69) is 0 Å². The van der Waals surface area contributed by atoms with Crippen LogP contribution in [-0.4, -0.2) is 17.5 Å². The summed E-state index contributed by atoms with van der Waals surface area (Å²) in [4.78, 5) is 11.6. The highest BCUT2D eigenvalue weighted by molar-refractivity contribution is 5.99. The summed E-state index contributed by atoms with van der Waals surface area (Å²) in [5.74, 6) is -0.303. The minimum Gasteiger partial charge on any atom is -0.465 e. The van der Waals surface area contributed by atoms with Crippen LogP contribution in [0.15, 0.2) is 48.7 Å². The number of rotatable bonds is 1. The Bertz CT molecular complexity index is 712. The number of nitrogens with zero attached hydrogens (tertiary/aromatic N) is 1. The van der Waals surface area contributed by atoms with Crippen LogP contribution in [0.1, 0.15) is 10.4 Å². The lowest BCUT2D eigenvalue weighted by molar-refractivity contribution is 0.0603. The molecule has 0 aliphatic heterocycles. The minimum absolute atomic E-state index is 0.303. The zero-order chi connectivity index (χ0) is 11.8. The standard InChI is InChI=1S/C14H11NO2/c1-17-14(16)11-8-9-15-12-5-3-2-4-10(12)6-7-13(11)15/h2-9H,1H3. The summed E-state index contributed by atoms with van der Waals surface area (Å²) in [6.45, 7) is 0. The van der Waals surface area contributed by atoms with Crippen LogP contribution >= 0.6 is 0 Å². The van der Waals surface area contributed by atoms with Gasteiger partial charge in [-0.3, -0.25) is 0 Å². The van der Waals surface area contributed by atoms with Gasteiger partial charge in [0, 0.05) is 6.20 Å². The largest absolute Gasteiger partial charge is 0.465 e. The van der Waals surface area contributed by atoms with Crippen LogP contribution in [0.25, 0.3) is 16.4 Å². The predicted octanol–water partition coefficient (Wildman–Crippen LogP) is 2.88. The highest BCUT2D eigenvalue weighted by Gasteiger charge is 2.12. The monoisotopic (exact) mass is 225 g/mol. The zero-order valence-corrected chi connectivity index (χ0v) is 9.38. The molecule has 2 aromatic heterocycles. The van der Waals surface area contributed by atoms with E-state index >= 15 is 0 Å². The molecule has 2 heterocycles. The lowest BCUT2D eigenvalue weighted by Crippen LogP contribution is -2.00. The maximum absolute atomic E-state index is 11.6. The first-order valence-electron chi connectivity index (χ1n) is 5.38. The summed E-state index contributed by atoms with van der Waals surface area (Å²) in [5, 5.41) is 1.15. The second kappa shape index (κ2) is 3.63. The maximum atomic E-state index is 11.6. The van der Waals surface area contributed by atoms with Gasteiger partial charge in [-0.1, -0.05) is 24.3 Å². The molecule has 0 unspecified atom stereocenters. The van der Waals surface area contributed by atoms with Crippen molar-refractivity contribution in [1.82, 2.24) is 4.40 Å². The van der Waals surface area contributed by atoms with Crippen molar-refractivity contribution in [2.45, 2.75) is 0 Å². The number of carbonyl (C=O) groups excluding carboxylic acids is 1. The second-order valence-corrected chi connectivity index (χ2v) is 3.87. The number of ether oxygens (including phenoxy) is 1. The van der Waals surface area contributed by atoms with Crippen molar-refractivity contribution in [3.8, 4) is 0 Å². The summed E-state index contributed by atoms with van der Waals surface area (Å²) in [6, 6.07) is 13.8. The van der Waals surface area contributed by atoms with Crippen molar-refractivity contribution in [3.05, 3.63) is 54.2 Å². The van der Waals surface area contributed by atoms with Crippen LogP contribution in [0.3, 0.4) is 0 Å². The zero-order valence-electron chi connectivity index (χ0n) is 9.38. The van der Waals surface area contributed by atoms with E-state index in [0.717, 1.165) is 16.4 Å². The summed E-state index contributed by atoms with van der Waals surface area (Å²) in [5.41, 5.74) is 2.55. The summed E-state index contributed by atoms with van der Waals surface area (Å²) >= 11 is 0. The molecule has 17 heavy (non-hydrogen) atoms. The molecule has 1 aromatic carbocycles. The molecule has 3 heteroatoms. The number of pyridine rings is 1. The molecule has 0 saturated carbocycles. The van der Waals surface area contributed by atoms with Crippen molar-refractivity contribution in [2.75, 3.05) is 7.11 Å². The molecule has 3 nitrogen and oxygen atoms in total. The molecule has 84 valence electrons. The molecule has 0 fully saturated rings. The Morgan fingerprint density at radius 1 is 1.06 bits per heavy atom. The van der Waals surface area contributed by atoms with Crippen LogP contribution in [-0.2, 0) is 4.74 Å². The van der Waals surface area contributed by atoms with Crippen molar-refractivity contribution >= 4 is 22.4 Å². The molecular formula is C14H11NO2. The SMILES string of the molecule is COC(=O)c1ccn2c1ccc1ccccc12. The Morgan fingerprint density at radius 2 is 1.88 bits per heavy atom. The topological polar surface area (TPSA) is 30.7 Å². The van der Waals surface area contributed by atoms with Crippen LogP contribution in [0.4, 0.5) is 0 Å². The summed E-state index contributed by atoms with van der Waals surface area (Å²) in [6.07, 6.45) is 1.89. The number of esters is 1. The van der Waals surface area contributed by atoms with E-state index in [1.54, 1.807) is 6.07 Å². The van der Waals surface area contributed by atoms with E-state index in [-0.39, 0.29) is 5.97 Å². The van der Waals surface area contributed by atoms with E-state index in [4.69, 9.17) is 4.74 Å². The molecule has 0 spiro atoms. The van der Waals surface area contributed by atoms with Gasteiger partial charge in [0.1, 0.15) is 0 Å². The Morgan fingerprint density at radius 3 is 2.71 bits per heavy atom. The van der Waals surface area contributed by atoms with Crippen LogP contribution < -0.4 is 0 Å². The van der Waals surface area contributed by atoms with E-state index in [1.165, 1.54) is 7.11 Å². The van der Waals surface area contributed by atoms with E-state index < -0.39 is 0 Å². The number of hydrogen-bond donors (Lipinski definition) is 0. The quantitative estimate of drug-likeness (QED) is 0.596. The highest BCUT2D eigenvalue weighted by atomic mass is 16.5. The number of aromatic nitrogens is 1. The van der Waals surface area contributed by atoms with Crippen LogP contribution in [0, 0.1) is 0 Å². The molecule has 0 N–H and O–H groups in total. The lowest BCUT2D eigenvalue weighted by atomic mass is 10.2. The fourth-order valence-corrected chi connectivity index (χ4v) is 2.12. The van der Waals surface area contributed by atoms with Crippen molar-refractivity contribution in [1.29, 1.82) is 0 Å². The number of fused-ring (bicyclic) bond motifs is 3. The lowest BCUT2D eigenvalue weighted by Gasteiger charge is -2.03. The average molecular weight is 225 g/mol. The van der Waals surface area contributed by atoms with E-state index in [0.29, 0.717) is 5.56 Å². The second-order valence-electron chi connectivity index (χ2n) is 3.87. The molecule has 0 atom stereocenters. The smallest absolute Gasteiger partial charge is 0.340 e. The minimum atomic E-state index is -0.303. The van der Waals surface area contributed by atoms with Gasteiger partial charge < -0.3 is 9.14 Å². The van der Waals surface area contributed by atoms with Crippen molar-refractivity contribution in [2.24, 2.45) is 0 Å². The van der Waals surface area contributed by atoms with E-state index in [1.807, 2.05) is 47.0 Å². The third-order valence-electron chi connectivity index (χ3n) is 2.95. The molecule has 3 aromatic rings. The Kier molecular flexibility index (Phi) is 2.11.